The van der Waals surface area contributed by atoms with Gasteiger partial charge >= 0.3 is 0 Å². The van der Waals surface area contributed by atoms with Gasteiger partial charge in [-0.2, -0.15) is 4.31 Å². The number of piperazine rings is 1. The third kappa shape index (κ3) is 3.38. The zero-order valence-electron chi connectivity index (χ0n) is 14.8. The lowest BCUT2D eigenvalue weighted by Crippen LogP contribution is -2.50. The molecule has 1 aliphatic rings. The van der Waals surface area contributed by atoms with Crippen LogP contribution in [-0.4, -0.2) is 66.1 Å². The summed E-state index contributed by atoms with van der Waals surface area (Å²) in [6, 6.07) is 1.79. The number of amides is 1. The van der Waals surface area contributed by atoms with Crippen LogP contribution in [0.2, 0.25) is 0 Å². The first-order chi connectivity index (χ1) is 11.7. The molecule has 1 saturated heterocycles. The van der Waals surface area contributed by atoms with Crippen LogP contribution in [0.15, 0.2) is 10.6 Å². The van der Waals surface area contributed by atoms with Gasteiger partial charge in [-0.3, -0.25) is 4.79 Å². The Hall–Kier alpha value is -2.00. The number of hydrogen-bond donors (Lipinski definition) is 0. The van der Waals surface area contributed by atoms with E-state index in [1.807, 2.05) is 13.8 Å². The van der Waals surface area contributed by atoms with Crippen LogP contribution < -0.4 is 0 Å². The Bertz CT molecular complexity index is 912. The molecule has 8 nitrogen and oxygen atoms in total. The molecule has 0 saturated carbocycles. The molecule has 1 fully saturated rings. The van der Waals surface area contributed by atoms with Crippen molar-refractivity contribution < 1.29 is 17.7 Å². The van der Waals surface area contributed by atoms with Crippen molar-refractivity contribution in [3.8, 4) is 0 Å². The number of aromatic nitrogens is 2. The summed E-state index contributed by atoms with van der Waals surface area (Å²) in [5.41, 5.74) is 2.26. The van der Waals surface area contributed by atoms with Gasteiger partial charge in [-0.05, 0) is 18.9 Å². The van der Waals surface area contributed by atoms with Gasteiger partial charge in [0.05, 0.1) is 22.9 Å². The number of pyridine rings is 1. The third-order valence-corrected chi connectivity index (χ3v) is 5.76. The van der Waals surface area contributed by atoms with Crippen molar-refractivity contribution in [1.82, 2.24) is 19.3 Å². The Balaban J connectivity index is 1.93. The Kier molecular flexibility index (Phi) is 4.54. The van der Waals surface area contributed by atoms with Crippen LogP contribution in [0.5, 0.6) is 0 Å². The fourth-order valence-corrected chi connectivity index (χ4v) is 3.80. The molecule has 1 amide bonds. The molecule has 0 bridgehead atoms. The maximum Gasteiger partial charge on any atom is 0.259 e. The van der Waals surface area contributed by atoms with E-state index < -0.39 is 10.0 Å². The Morgan fingerprint density at radius 2 is 1.88 bits per heavy atom. The van der Waals surface area contributed by atoms with Gasteiger partial charge < -0.3 is 9.42 Å². The minimum Gasteiger partial charge on any atom is -0.336 e. The fourth-order valence-electron chi connectivity index (χ4n) is 2.97. The lowest BCUT2D eigenvalue weighted by Gasteiger charge is -2.33. The standard InChI is InChI=1S/C16H22N4O4S/c1-10(2)13-9-12(14-11(3)18-24-15(14)17-13)16(21)19-5-7-20(8-6-19)25(4,22)23/h9-10H,5-8H2,1-4H3. The van der Waals surface area contributed by atoms with Crippen molar-refractivity contribution in [1.29, 1.82) is 0 Å². The second-order valence-corrected chi connectivity index (χ2v) is 8.63. The lowest BCUT2D eigenvalue weighted by molar-refractivity contribution is 0.0700. The van der Waals surface area contributed by atoms with E-state index in [2.05, 4.69) is 10.1 Å². The van der Waals surface area contributed by atoms with Crippen LogP contribution >= 0.6 is 0 Å². The maximum absolute atomic E-state index is 13.1. The van der Waals surface area contributed by atoms with Crippen LogP contribution in [0.1, 0.15) is 41.5 Å². The Morgan fingerprint density at radius 3 is 2.44 bits per heavy atom. The van der Waals surface area contributed by atoms with E-state index >= 15 is 0 Å². The van der Waals surface area contributed by atoms with Crippen LogP contribution in [0, 0.1) is 6.92 Å². The number of aryl methyl sites for hydroxylation is 1. The Morgan fingerprint density at radius 1 is 1.24 bits per heavy atom. The molecule has 0 N–H and O–H groups in total. The number of carbonyl (C=O) groups excluding carboxylic acids is 1. The van der Waals surface area contributed by atoms with Gasteiger partial charge in [-0.1, -0.05) is 19.0 Å². The minimum absolute atomic E-state index is 0.142. The van der Waals surface area contributed by atoms with Gasteiger partial charge in [0.15, 0.2) is 0 Å². The number of carbonyl (C=O) groups is 1. The highest BCUT2D eigenvalue weighted by molar-refractivity contribution is 7.88. The smallest absolute Gasteiger partial charge is 0.259 e. The van der Waals surface area contributed by atoms with E-state index in [-0.39, 0.29) is 11.8 Å². The first-order valence-corrected chi connectivity index (χ1v) is 10.0. The van der Waals surface area contributed by atoms with Gasteiger partial charge in [0.2, 0.25) is 10.0 Å². The summed E-state index contributed by atoms with van der Waals surface area (Å²) in [6.07, 6.45) is 1.19. The highest BCUT2D eigenvalue weighted by Crippen LogP contribution is 2.26. The summed E-state index contributed by atoms with van der Waals surface area (Å²) in [5, 5.41) is 4.56. The number of rotatable bonds is 3. The zero-order valence-corrected chi connectivity index (χ0v) is 15.6. The van der Waals surface area contributed by atoms with Gasteiger partial charge in [-0.25, -0.2) is 13.4 Å². The first-order valence-electron chi connectivity index (χ1n) is 8.20. The number of sulfonamides is 1. The number of fused-ring (bicyclic) bond motifs is 1. The summed E-state index contributed by atoms with van der Waals surface area (Å²) < 4.78 is 29.9. The molecule has 25 heavy (non-hydrogen) atoms. The second kappa shape index (κ2) is 6.38. The van der Waals surface area contributed by atoms with Crippen molar-refractivity contribution in [2.45, 2.75) is 26.7 Å². The van der Waals surface area contributed by atoms with Gasteiger partial charge in [0, 0.05) is 31.9 Å². The molecule has 3 heterocycles. The largest absolute Gasteiger partial charge is 0.336 e. The summed E-state index contributed by atoms with van der Waals surface area (Å²) in [6.45, 7) is 7.10. The highest BCUT2D eigenvalue weighted by Gasteiger charge is 2.29. The maximum atomic E-state index is 13.1. The van der Waals surface area contributed by atoms with Crippen molar-refractivity contribution >= 4 is 27.0 Å². The minimum atomic E-state index is -3.23. The molecule has 0 atom stereocenters. The van der Waals surface area contributed by atoms with Crippen LogP contribution in [0.4, 0.5) is 0 Å². The molecule has 3 rings (SSSR count). The molecule has 2 aromatic rings. The first kappa shape index (κ1) is 17.8. The predicted molar refractivity (Wildman–Crippen MR) is 93.0 cm³/mol. The summed E-state index contributed by atoms with van der Waals surface area (Å²) >= 11 is 0. The molecule has 0 unspecified atom stereocenters. The summed E-state index contributed by atoms with van der Waals surface area (Å²) in [7, 11) is -3.23. The van der Waals surface area contributed by atoms with E-state index in [1.54, 1.807) is 17.9 Å². The third-order valence-electron chi connectivity index (χ3n) is 4.45. The summed E-state index contributed by atoms with van der Waals surface area (Å²) in [5.74, 6) is -0.00260. The van der Waals surface area contributed by atoms with E-state index in [1.165, 1.54) is 10.6 Å². The van der Waals surface area contributed by atoms with E-state index in [4.69, 9.17) is 4.52 Å². The molecule has 9 heteroatoms. The molecule has 136 valence electrons. The molecular formula is C16H22N4O4S. The van der Waals surface area contributed by atoms with Crippen molar-refractivity contribution in [2.75, 3.05) is 32.4 Å². The van der Waals surface area contributed by atoms with Crippen molar-refractivity contribution in [2.24, 2.45) is 0 Å². The lowest BCUT2D eigenvalue weighted by atomic mass is 10.0. The van der Waals surface area contributed by atoms with Gasteiger partial charge in [0.25, 0.3) is 11.6 Å². The molecular weight excluding hydrogens is 344 g/mol. The molecule has 0 aliphatic carbocycles. The Labute approximate surface area is 146 Å². The molecule has 0 aromatic carbocycles. The van der Waals surface area contributed by atoms with E-state index in [0.29, 0.717) is 48.5 Å². The molecule has 2 aromatic heterocycles. The zero-order chi connectivity index (χ0) is 18.4. The molecule has 1 aliphatic heterocycles. The predicted octanol–water partition coefficient (Wildman–Crippen LogP) is 1.37. The monoisotopic (exact) mass is 366 g/mol. The van der Waals surface area contributed by atoms with Crippen molar-refractivity contribution in [3.05, 3.63) is 23.0 Å². The SMILES string of the molecule is Cc1noc2nc(C(C)C)cc(C(=O)N3CCN(S(C)(=O)=O)CC3)c12. The van der Waals surface area contributed by atoms with Crippen molar-refractivity contribution in [3.63, 3.8) is 0 Å². The second-order valence-electron chi connectivity index (χ2n) is 6.65. The van der Waals surface area contributed by atoms with Gasteiger partial charge in [-0.15, -0.1) is 0 Å². The average molecular weight is 366 g/mol. The van der Waals surface area contributed by atoms with Gasteiger partial charge in [0.1, 0.15) is 0 Å². The van der Waals surface area contributed by atoms with E-state index in [0.717, 1.165) is 5.69 Å². The number of nitrogens with zero attached hydrogens (tertiary/aromatic N) is 4. The summed E-state index contributed by atoms with van der Waals surface area (Å²) in [4.78, 5) is 19.2. The quantitative estimate of drug-likeness (QED) is 0.814. The highest BCUT2D eigenvalue weighted by atomic mass is 32.2. The average Bonchev–Trinajstić information content (AvgIpc) is 2.94. The van der Waals surface area contributed by atoms with E-state index in [9.17, 15) is 13.2 Å². The topological polar surface area (TPSA) is 96.6 Å². The molecule has 0 radical (unpaired) electrons. The number of hydrogen-bond acceptors (Lipinski definition) is 6. The van der Waals surface area contributed by atoms with Crippen LogP contribution in [-0.2, 0) is 10.0 Å². The van der Waals surface area contributed by atoms with Crippen LogP contribution in [0.3, 0.4) is 0 Å². The fraction of sp³-hybridized carbons (Fsp3) is 0.562. The molecule has 0 spiro atoms. The normalized spacial score (nSPS) is 16.8. The van der Waals surface area contributed by atoms with Crippen LogP contribution in [0.25, 0.3) is 11.1 Å².